The van der Waals surface area contributed by atoms with E-state index in [2.05, 4.69) is 20.9 Å². The average molecular weight is 323 g/mol. The van der Waals surface area contributed by atoms with Crippen LogP contribution in [0.5, 0.6) is 0 Å². The largest absolute Gasteiger partial charge is 0.368 e. The molecule has 0 N–H and O–H groups in total. The number of alkyl halides is 1. The quantitative estimate of drug-likeness (QED) is 0.789. The zero-order valence-corrected chi connectivity index (χ0v) is 12.6. The second-order valence-electron chi connectivity index (χ2n) is 4.50. The van der Waals surface area contributed by atoms with Crippen LogP contribution in [0.2, 0.25) is 0 Å². The van der Waals surface area contributed by atoms with Crippen LogP contribution in [-0.2, 0) is 11.9 Å². The molecule has 0 aliphatic carbocycles. The molecule has 0 radical (unpaired) electrons. The van der Waals surface area contributed by atoms with Crippen LogP contribution in [0.25, 0.3) is 0 Å². The summed E-state index contributed by atoms with van der Waals surface area (Å²) in [6.07, 6.45) is 0. The van der Waals surface area contributed by atoms with E-state index >= 15 is 0 Å². The van der Waals surface area contributed by atoms with E-state index in [9.17, 15) is 4.39 Å². The van der Waals surface area contributed by atoms with Gasteiger partial charge in [-0.1, -0.05) is 28.1 Å². The molecule has 100 valence electrons. The predicted molar refractivity (Wildman–Crippen MR) is 80.1 cm³/mol. The second-order valence-corrected chi connectivity index (χ2v) is 5.06. The molecule has 2 rings (SSSR count). The monoisotopic (exact) mass is 322 g/mol. The standard InChI is InChI=1S/C15H16BrFN2/c1-11-5-3-6-12(18-11)10-19(2)15-8-4-7-14(17)13(15)9-16/h3-8H,9-10H2,1-2H3. The van der Waals surface area contributed by atoms with Crippen molar-refractivity contribution in [3.05, 3.63) is 59.2 Å². The molecule has 0 amide bonds. The maximum absolute atomic E-state index is 13.7. The fourth-order valence-corrected chi connectivity index (χ4v) is 2.61. The third-order valence-corrected chi connectivity index (χ3v) is 3.54. The second kappa shape index (κ2) is 6.15. The van der Waals surface area contributed by atoms with E-state index < -0.39 is 0 Å². The van der Waals surface area contributed by atoms with Crippen LogP contribution in [0.4, 0.5) is 10.1 Å². The van der Waals surface area contributed by atoms with E-state index in [1.165, 1.54) is 6.07 Å². The molecule has 19 heavy (non-hydrogen) atoms. The van der Waals surface area contributed by atoms with Crippen LogP contribution < -0.4 is 4.90 Å². The SMILES string of the molecule is Cc1cccc(CN(C)c2cccc(F)c2CBr)n1. The molecule has 2 aromatic rings. The van der Waals surface area contributed by atoms with Crippen molar-refractivity contribution in [1.82, 2.24) is 4.98 Å². The van der Waals surface area contributed by atoms with Gasteiger partial charge in [0, 0.05) is 29.3 Å². The topological polar surface area (TPSA) is 16.1 Å². The third kappa shape index (κ3) is 3.32. The van der Waals surface area contributed by atoms with E-state index in [0.717, 1.165) is 17.1 Å². The van der Waals surface area contributed by atoms with Gasteiger partial charge in [-0.2, -0.15) is 0 Å². The predicted octanol–water partition coefficient (Wildman–Crippen LogP) is 4.06. The van der Waals surface area contributed by atoms with Crippen LogP contribution in [0.15, 0.2) is 36.4 Å². The molecule has 0 atom stereocenters. The minimum Gasteiger partial charge on any atom is -0.368 e. The Labute approximate surface area is 121 Å². The number of hydrogen-bond donors (Lipinski definition) is 0. The molecule has 0 fully saturated rings. The maximum Gasteiger partial charge on any atom is 0.129 e. The highest BCUT2D eigenvalue weighted by Crippen LogP contribution is 2.25. The Morgan fingerprint density at radius 2 is 1.95 bits per heavy atom. The van der Waals surface area contributed by atoms with Crippen molar-refractivity contribution in [2.75, 3.05) is 11.9 Å². The van der Waals surface area contributed by atoms with Gasteiger partial charge in [-0.05, 0) is 31.2 Å². The lowest BCUT2D eigenvalue weighted by Gasteiger charge is -2.22. The van der Waals surface area contributed by atoms with Crippen molar-refractivity contribution in [2.45, 2.75) is 18.8 Å². The number of rotatable bonds is 4. The zero-order valence-electron chi connectivity index (χ0n) is 11.0. The Hall–Kier alpha value is -1.42. The molecule has 1 aromatic heterocycles. The summed E-state index contributed by atoms with van der Waals surface area (Å²) in [5, 5.41) is 0.501. The highest BCUT2D eigenvalue weighted by Gasteiger charge is 2.11. The van der Waals surface area contributed by atoms with Crippen LogP contribution in [0.3, 0.4) is 0 Å². The van der Waals surface area contributed by atoms with Gasteiger partial charge in [0.1, 0.15) is 5.82 Å². The van der Waals surface area contributed by atoms with Gasteiger partial charge in [-0.15, -0.1) is 0 Å². The van der Waals surface area contributed by atoms with Crippen LogP contribution in [0, 0.1) is 12.7 Å². The summed E-state index contributed by atoms with van der Waals surface area (Å²) >= 11 is 3.34. The lowest BCUT2D eigenvalue weighted by atomic mass is 10.1. The lowest BCUT2D eigenvalue weighted by Crippen LogP contribution is -2.19. The molecule has 0 unspecified atom stereocenters. The number of aryl methyl sites for hydroxylation is 1. The van der Waals surface area contributed by atoms with E-state index in [0.29, 0.717) is 17.4 Å². The van der Waals surface area contributed by atoms with Gasteiger partial charge in [0.2, 0.25) is 0 Å². The molecule has 0 bridgehead atoms. The number of halogens is 2. The first-order valence-corrected chi connectivity index (χ1v) is 7.21. The minimum absolute atomic E-state index is 0.182. The molecular weight excluding hydrogens is 307 g/mol. The Kier molecular flexibility index (Phi) is 4.53. The highest BCUT2D eigenvalue weighted by atomic mass is 79.9. The normalized spacial score (nSPS) is 10.5. The highest BCUT2D eigenvalue weighted by molar-refractivity contribution is 9.08. The number of nitrogens with zero attached hydrogens (tertiary/aromatic N) is 2. The molecule has 2 nitrogen and oxygen atoms in total. The summed E-state index contributed by atoms with van der Waals surface area (Å²) in [6.45, 7) is 2.63. The van der Waals surface area contributed by atoms with E-state index in [1.54, 1.807) is 6.07 Å². The van der Waals surface area contributed by atoms with E-state index in [-0.39, 0.29) is 5.82 Å². The van der Waals surface area contributed by atoms with E-state index in [4.69, 9.17) is 0 Å². The number of hydrogen-bond acceptors (Lipinski definition) is 2. The third-order valence-electron chi connectivity index (χ3n) is 2.98. The fraction of sp³-hybridized carbons (Fsp3) is 0.267. The summed E-state index contributed by atoms with van der Waals surface area (Å²) in [5.41, 5.74) is 3.54. The summed E-state index contributed by atoms with van der Waals surface area (Å²) in [7, 11) is 1.95. The minimum atomic E-state index is -0.182. The average Bonchev–Trinajstić information content (AvgIpc) is 2.38. The van der Waals surface area contributed by atoms with Gasteiger partial charge in [0.25, 0.3) is 0 Å². The van der Waals surface area contributed by atoms with Gasteiger partial charge in [0.05, 0.1) is 12.2 Å². The van der Waals surface area contributed by atoms with Crippen molar-refractivity contribution in [3.8, 4) is 0 Å². The first-order valence-electron chi connectivity index (χ1n) is 6.09. The van der Waals surface area contributed by atoms with Crippen molar-refractivity contribution < 1.29 is 4.39 Å². The molecule has 1 aromatic carbocycles. The molecule has 0 aliphatic heterocycles. The van der Waals surface area contributed by atoms with Crippen molar-refractivity contribution in [2.24, 2.45) is 0 Å². The Morgan fingerprint density at radius 1 is 1.21 bits per heavy atom. The number of aromatic nitrogens is 1. The van der Waals surface area contributed by atoms with Crippen LogP contribution >= 0.6 is 15.9 Å². The molecule has 1 heterocycles. The number of pyridine rings is 1. The van der Waals surface area contributed by atoms with Crippen molar-refractivity contribution in [1.29, 1.82) is 0 Å². The molecule has 0 aliphatic rings. The Balaban J connectivity index is 2.25. The smallest absolute Gasteiger partial charge is 0.129 e. The van der Waals surface area contributed by atoms with E-state index in [1.807, 2.05) is 43.1 Å². The molecule has 0 saturated carbocycles. The molecule has 4 heteroatoms. The summed E-state index contributed by atoms with van der Waals surface area (Å²) in [5.74, 6) is -0.182. The van der Waals surface area contributed by atoms with Crippen molar-refractivity contribution in [3.63, 3.8) is 0 Å². The summed E-state index contributed by atoms with van der Waals surface area (Å²) in [4.78, 5) is 6.48. The van der Waals surface area contributed by atoms with Gasteiger partial charge in [-0.25, -0.2) is 4.39 Å². The lowest BCUT2D eigenvalue weighted by molar-refractivity contribution is 0.616. The fourth-order valence-electron chi connectivity index (χ4n) is 2.05. The van der Waals surface area contributed by atoms with Crippen molar-refractivity contribution >= 4 is 21.6 Å². The molecule has 0 saturated heterocycles. The number of benzene rings is 1. The molecular formula is C15H16BrFN2. The number of anilines is 1. The Bertz CT molecular complexity index is 572. The summed E-state index contributed by atoms with van der Waals surface area (Å²) in [6, 6.07) is 11.1. The van der Waals surface area contributed by atoms with Crippen LogP contribution in [0.1, 0.15) is 17.0 Å². The first-order chi connectivity index (χ1) is 9.11. The molecule has 0 spiro atoms. The Morgan fingerprint density at radius 3 is 2.63 bits per heavy atom. The van der Waals surface area contributed by atoms with Gasteiger partial charge in [-0.3, -0.25) is 4.98 Å². The first kappa shape index (κ1) is 14.0. The van der Waals surface area contributed by atoms with Crippen LogP contribution in [-0.4, -0.2) is 12.0 Å². The van der Waals surface area contributed by atoms with Gasteiger partial charge in [0.15, 0.2) is 0 Å². The van der Waals surface area contributed by atoms with Gasteiger partial charge < -0.3 is 4.90 Å². The maximum atomic E-state index is 13.7. The zero-order chi connectivity index (χ0) is 13.8. The van der Waals surface area contributed by atoms with Gasteiger partial charge >= 0.3 is 0 Å². The summed E-state index contributed by atoms with van der Waals surface area (Å²) < 4.78 is 13.7.